The summed E-state index contributed by atoms with van der Waals surface area (Å²) in [4.78, 5) is 4.42. The Morgan fingerprint density at radius 1 is 1.00 bits per heavy atom. The minimum Gasteiger partial charge on any atom is -0.384 e. The van der Waals surface area contributed by atoms with Crippen molar-refractivity contribution < 1.29 is 0 Å². The highest BCUT2D eigenvalue weighted by Crippen LogP contribution is 2.16. The molecule has 1 aromatic carbocycles. The van der Waals surface area contributed by atoms with Gasteiger partial charge in [-0.25, -0.2) is 4.98 Å². The molecule has 3 atom stereocenters. The fourth-order valence-electron chi connectivity index (χ4n) is 3.36. The third-order valence-corrected chi connectivity index (χ3v) is 4.62. The second-order valence-electron chi connectivity index (χ2n) is 6.64. The Balaban J connectivity index is 0. The largest absolute Gasteiger partial charge is 0.384 e. The lowest BCUT2D eigenvalue weighted by molar-refractivity contribution is 0.406. The van der Waals surface area contributed by atoms with Crippen LogP contribution in [0.2, 0.25) is 0 Å². The van der Waals surface area contributed by atoms with E-state index in [-0.39, 0.29) is 55.7 Å². The molecule has 0 spiro atoms. The first-order chi connectivity index (χ1) is 11.7. The average molecular weight is 471 g/mol. The van der Waals surface area contributed by atoms with E-state index in [0.717, 1.165) is 38.2 Å². The van der Waals surface area contributed by atoms with Crippen LogP contribution in [0.1, 0.15) is 11.3 Å². The van der Waals surface area contributed by atoms with E-state index in [2.05, 4.69) is 39.9 Å². The van der Waals surface area contributed by atoms with Gasteiger partial charge < -0.3 is 22.1 Å². The number of hydrogen-bond acceptors (Lipinski definition) is 5. The van der Waals surface area contributed by atoms with Crippen LogP contribution in [0, 0.1) is 5.92 Å². The van der Waals surface area contributed by atoms with Crippen LogP contribution in [0.25, 0.3) is 0 Å². The van der Waals surface area contributed by atoms with Crippen LogP contribution in [0.4, 0.5) is 5.82 Å². The number of pyridine rings is 1. The molecule has 160 valence electrons. The number of benzene rings is 1. The van der Waals surface area contributed by atoms with E-state index in [0.29, 0.717) is 17.8 Å². The molecule has 1 aromatic heterocycles. The number of nitrogens with two attached hydrogens (primary N) is 2. The quantitative estimate of drug-likeness (QED) is 0.499. The van der Waals surface area contributed by atoms with E-state index in [4.69, 9.17) is 11.5 Å². The van der Waals surface area contributed by atoms with Gasteiger partial charge >= 0.3 is 0 Å². The summed E-state index contributed by atoms with van der Waals surface area (Å²) in [7, 11) is 0. The van der Waals surface area contributed by atoms with Gasteiger partial charge in [0.2, 0.25) is 0 Å². The zero-order chi connectivity index (χ0) is 16.8. The van der Waals surface area contributed by atoms with E-state index in [1.54, 1.807) is 0 Å². The Morgan fingerprint density at radius 3 is 2.39 bits per heavy atom. The molecule has 2 heterocycles. The Bertz CT molecular complexity index is 647. The van der Waals surface area contributed by atoms with E-state index in [1.165, 1.54) is 5.56 Å². The van der Waals surface area contributed by atoms with Gasteiger partial charge in [0.05, 0.1) is 0 Å². The summed E-state index contributed by atoms with van der Waals surface area (Å²) in [6, 6.07) is 16.8. The Kier molecular flexibility index (Phi) is 15.9. The van der Waals surface area contributed by atoms with Gasteiger partial charge in [-0.1, -0.05) is 36.4 Å². The highest BCUT2D eigenvalue weighted by Gasteiger charge is 2.27. The number of halogens is 4. The van der Waals surface area contributed by atoms with Crippen molar-refractivity contribution in [3.05, 3.63) is 59.8 Å². The lowest BCUT2D eigenvalue weighted by atomic mass is 9.97. The molecular weight excluding hydrogens is 440 g/mol. The minimum atomic E-state index is 0. The predicted octanol–water partition coefficient (Wildman–Crippen LogP) is 2.64. The Labute approximate surface area is 192 Å². The molecule has 5 nitrogen and oxygen atoms in total. The van der Waals surface area contributed by atoms with Gasteiger partial charge in [-0.05, 0) is 43.0 Å². The number of nitrogen functional groups attached to an aromatic ring is 1. The maximum Gasteiger partial charge on any atom is 0.123 e. The van der Waals surface area contributed by atoms with Crippen molar-refractivity contribution >= 4 is 55.4 Å². The molecule has 6 N–H and O–H groups in total. The molecule has 1 saturated heterocycles. The zero-order valence-corrected chi connectivity index (χ0v) is 18.9. The van der Waals surface area contributed by atoms with Crippen LogP contribution in [-0.4, -0.2) is 36.7 Å². The lowest BCUT2D eigenvalue weighted by Crippen LogP contribution is -2.44. The summed E-state index contributed by atoms with van der Waals surface area (Å²) >= 11 is 0. The van der Waals surface area contributed by atoms with Crippen LogP contribution in [-0.2, 0) is 12.8 Å². The topological polar surface area (TPSA) is 89.0 Å². The Morgan fingerprint density at radius 2 is 1.71 bits per heavy atom. The van der Waals surface area contributed by atoms with Crippen LogP contribution < -0.4 is 22.1 Å². The third kappa shape index (κ3) is 9.14. The molecule has 1 aliphatic rings. The molecule has 0 bridgehead atoms. The molecule has 1 aliphatic heterocycles. The number of nitrogens with one attached hydrogen (secondary N) is 2. The summed E-state index contributed by atoms with van der Waals surface area (Å²) in [6.45, 7) is 2.80. The summed E-state index contributed by atoms with van der Waals surface area (Å²) in [6.07, 6.45) is 1.83. The van der Waals surface area contributed by atoms with Gasteiger partial charge in [-0.15, -0.1) is 49.6 Å². The number of aromatic nitrogens is 1. The standard InChI is InChI=1S/C19H27N5.4ClH/c20-16(9-14-5-2-1-3-6-14)12-23-18-13-22-11-15(18)10-17-7-4-8-19(21)24-17;;;;/h1-8,15-16,18,22-23H,9-13,20H2,(H2,21,24);4*1H/t15-,16-,18-;;;;/m0..../s1. The molecule has 1 fully saturated rings. The normalized spacial score (nSPS) is 18.6. The highest BCUT2D eigenvalue weighted by molar-refractivity contribution is 5.86. The van der Waals surface area contributed by atoms with Crippen LogP contribution >= 0.6 is 49.6 Å². The van der Waals surface area contributed by atoms with Crippen molar-refractivity contribution in [2.24, 2.45) is 11.7 Å². The fraction of sp³-hybridized carbons (Fsp3) is 0.421. The van der Waals surface area contributed by atoms with Crippen LogP contribution in [0.3, 0.4) is 0 Å². The van der Waals surface area contributed by atoms with Crippen LogP contribution in [0.5, 0.6) is 0 Å². The molecule has 28 heavy (non-hydrogen) atoms. The first kappa shape index (κ1) is 29.4. The van der Waals surface area contributed by atoms with Gasteiger partial charge in [-0.2, -0.15) is 0 Å². The molecule has 0 aliphatic carbocycles. The van der Waals surface area contributed by atoms with E-state index < -0.39 is 0 Å². The molecule has 2 aromatic rings. The first-order valence-electron chi connectivity index (χ1n) is 8.65. The van der Waals surface area contributed by atoms with Gasteiger partial charge in [0.25, 0.3) is 0 Å². The first-order valence-corrected chi connectivity index (χ1v) is 8.65. The second kappa shape index (κ2) is 15.1. The smallest absolute Gasteiger partial charge is 0.123 e. The van der Waals surface area contributed by atoms with Crippen LogP contribution in [0.15, 0.2) is 48.5 Å². The van der Waals surface area contributed by atoms with Gasteiger partial charge in [0, 0.05) is 30.9 Å². The highest BCUT2D eigenvalue weighted by atomic mass is 35.5. The second-order valence-corrected chi connectivity index (χ2v) is 6.64. The number of nitrogens with zero attached hydrogens (tertiary/aromatic N) is 1. The summed E-state index contributed by atoms with van der Waals surface area (Å²) in [5.74, 6) is 1.11. The van der Waals surface area contributed by atoms with Crippen molar-refractivity contribution in [3.63, 3.8) is 0 Å². The maximum absolute atomic E-state index is 6.29. The van der Waals surface area contributed by atoms with Crippen molar-refractivity contribution in [2.45, 2.75) is 24.9 Å². The van der Waals surface area contributed by atoms with Crippen molar-refractivity contribution in [1.82, 2.24) is 15.6 Å². The molecule has 0 radical (unpaired) electrons. The summed E-state index contributed by atoms with van der Waals surface area (Å²) < 4.78 is 0. The monoisotopic (exact) mass is 469 g/mol. The van der Waals surface area contributed by atoms with Gasteiger partial charge in [0.1, 0.15) is 5.82 Å². The molecule has 0 amide bonds. The third-order valence-electron chi connectivity index (χ3n) is 4.62. The molecule has 9 heteroatoms. The van der Waals surface area contributed by atoms with Crippen molar-refractivity contribution in [2.75, 3.05) is 25.4 Å². The van der Waals surface area contributed by atoms with Crippen molar-refractivity contribution in [3.8, 4) is 0 Å². The van der Waals surface area contributed by atoms with Gasteiger partial charge in [0.15, 0.2) is 0 Å². The summed E-state index contributed by atoms with van der Waals surface area (Å²) in [5, 5.41) is 7.11. The maximum atomic E-state index is 6.29. The minimum absolute atomic E-state index is 0. The van der Waals surface area contributed by atoms with E-state index >= 15 is 0 Å². The molecule has 0 unspecified atom stereocenters. The predicted molar refractivity (Wildman–Crippen MR) is 128 cm³/mol. The number of hydrogen-bond donors (Lipinski definition) is 4. The van der Waals surface area contributed by atoms with E-state index in [1.807, 2.05) is 24.3 Å². The van der Waals surface area contributed by atoms with Crippen molar-refractivity contribution in [1.29, 1.82) is 0 Å². The average Bonchev–Trinajstić information content (AvgIpc) is 3.01. The number of anilines is 1. The SMILES string of the molecule is Cl.Cl.Cl.Cl.Nc1cccc(C[C@H]2CNC[C@@H]2NC[C@@H](N)Cc2ccccc2)n1. The van der Waals surface area contributed by atoms with E-state index in [9.17, 15) is 0 Å². The molecular formula is C19H31Cl4N5. The summed E-state index contributed by atoms with van der Waals surface area (Å²) in [5.41, 5.74) is 14.4. The Hall–Kier alpha value is -0.790. The lowest BCUT2D eigenvalue weighted by Gasteiger charge is -2.22. The number of rotatable bonds is 7. The fourth-order valence-corrected chi connectivity index (χ4v) is 3.36. The zero-order valence-electron chi connectivity index (χ0n) is 15.6. The van der Waals surface area contributed by atoms with Gasteiger partial charge in [-0.3, -0.25) is 0 Å². The molecule has 0 saturated carbocycles. The molecule has 3 rings (SSSR count).